The quantitative estimate of drug-likeness (QED) is 0.870. The lowest BCUT2D eigenvalue weighted by atomic mass is 10.1. The van der Waals surface area contributed by atoms with Gasteiger partial charge in [0.15, 0.2) is 0 Å². The van der Waals surface area contributed by atoms with Crippen LogP contribution in [-0.2, 0) is 16.0 Å². The van der Waals surface area contributed by atoms with Gasteiger partial charge in [0.05, 0.1) is 24.1 Å². The van der Waals surface area contributed by atoms with Gasteiger partial charge in [0.1, 0.15) is 17.6 Å². The highest BCUT2D eigenvalue weighted by Gasteiger charge is 2.48. The van der Waals surface area contributed by atoms with E-state index < -0.39 is 17.8 Å². The molecule has 1 saturated carbocycles. The zero-order valence-electron chi connectivity index (χ0n) is 12.6. The van der Waals surface area contributed by atoms with E-state index in [0.717, 1.165) is 17.7 Å². The Morgan fingerprint density at radius 1 is 1.41 bits per heavy atom. The Kier molecular flexibility index (Phi) is 3.68. The summed E-state index contributed by atoms with van der Waals surface area (Å²) in [5, 5.41) is 11.7. The molecule has 0 radical (unpaired) electrons. The SMILES string of the molecule is CCOc1cc2c(cc1NC(=O)C1CC1C(=O)O)OC(C)C2. The van der Waals surface area contributed by atoms with E-state index in [1.54, 1.807) is 6.07 Å². The predicted octanol–water partition coefficient (Wildman–Crippen LogP) is 2.07. The largest absolute Gasteiger partial charge is 0.492 e. The van der Waals surface area contributed by atoms with Crippen LogP contribution in [0.4, 0.5) is 5.69 Å². The molecule has 0 spiro atoms. The monoisotopic (exact) mass is 305 g/mol. The minimum Gasteiger partial charge on any atom is -0.492 e. The van der Waals surface area contributed by atoms with Crippen molar-refractivity contribution < 1.29 is 24.2 Å². The molecule has 118 valence electrons. The van der Waals surface area contributed by atoms with Crippen LogP contribution in [0.5, 0.6) is 11.5 Å². The topological polar surface area (TPSA) is 84.9 Å². The molecule has 1 heterocycles. The van der Waals surface area contributed by atoms with Crippen LogP contribution in [0, 0.1) is 11.8 Å². The number of benzene rings is 1. The third kappa shape index (κ3) is 2.73. The molecule has 6 nitrogen and oxygen atoms in total. The predicted molar refractivity (Wildman–Crippen MR) is 79.3 cm³/mol. The molecule has 2 N–H and O–H groups in total. The van der Waals surface area contributed by atoms with Crippen molar-refractivity contribution in [1.82, 2.24) is 0 Å². The number of carboxylic acids is 1. The normalized spacial score (nSPS) is 25.1. The highest BCUT2D eigenvalue weighted by atomic mass is 16.5. The molecule has 3 unspecified atom stereocenters. The van der Waals surface area contributed by atoms with Gasteiger partial charge in [-0.05, 0) is 26.3 Å². The van der Waals surface area contributed by atoms with Crippen LogP contribution in [0.15, 0.2) is 12.1 Å². The molecule has 1 aliphatic carbocycles. The third-order valence-electron chi connectivity index (χ3n) is 4.00. The van der Waals surface area contributed by atoms with Gasteiger partial charge in [-0.2, -0.15) is 0 Å². The summed E-state index contributed by atoms with van der Waals surface area (Å²) in [4.78, 5) is 23.0. The maximum Gasteiger partial charge on any atom is 0.307 e. The number of anilines is 1. The Balaban J connectivity index is 1.79. The van der Waals surface area contributed by atoms with Crippen molar-refractivity contribution in [2.24, 2.45) is 11.8 Å². The molecule has 2 aliphatic rings. The van der Waals surface area contributed by atoms with E-state index in [1.807, 2.05) is 19.9 Å². The zero-order valence-corrected chi connectivity index (χ0v) is 12.6. The number of fused-ring (bicyclic) bond motifs is 1. The number of carboxylic acid groups (broad SMARTS) is 1. The molecule has 1 amide bonds. The Labute approximate surface area is 128 Å². The van der Waals surface area contributed by atoms with Crippen LogP contribution in [0.1, 0.15) is 25.8 Å². The average molecular weight is 305 g/mol. The first kappa shape index (κ1) is 14.7. The van der Waals surface area contributed by atoms with Gasteiger partial charge < -0.3 is 19.9 Å². The van der Waals surface area contributed by atoms with Crippen molar-refractivity contribution in [2.75, 3.05) is 11.9 Å². The highest BCUT2D eigenvalue weighted by Crippen LogP contribution is 2.42. The summed E-state index contributed by atoms with van der Waals surface area (Å²) in [6, 6.07) is 3.65. The third-order valence-corrected chi connectivity index (χ3v) is 4.00. The Bertz CT molecular complexity index is 627. The van der Waals surface area contributed by atoms with Crippen molar-refractivity contribution in [1.29, 1.82) is 0 Å². The van der Waals surface area contributed by atoms with Gasteiger partial charge >= 0.3 is 5.97 Å². The molecule has 6 heteroatoms. The van der Waals surface area contributed by atoms with E-state index >= 15 is 0 Å². The van der Waals surface area contributed by atoms with E-state index in [0.29, 0.717) is 24.5 Å². The summed E-state index contributed by atoms with van der Waals surface area (Å²) in [7, 11) is 0. The number of carbonyl (C=O) groups excluding carboxylic acids is 1. The molecule has 3 atom stereocenters. The molecule has 1 aromatic rings. The maximum atomic E-state index is 12.1. The average Bonchev–Trinajstić information content (AvgIpc) is 3.17. The van der Waals surface area contributed by atoms with E-state index in [-0.39, 0.29) is 12.0 Å². The molecule has 1 fully saturated rings. The fourth-order valence-corrected chi connectivity index (χ4v) is 2.80. The number of hydrogen-bond acceptors (Lipinski definition) is 4. The second-order valence-corrected chi connectivity index (χ2v) is 5.80. The Morgan fingerprint density at radius 3 is 2.82 bits per heavy atom. The van der Waals surface area contributed by atoms with Crippen molar-refractivity contribution >= 4 is 17.6 Å². The number of amides is 1. The highest BCUT2D eigenvalue weighted by molar-refractivity contribution is 5.99. The number of aliphatic carboxylic acids is 1. The fourth-order valence-electron chi connectivity index (χ4n) is 2.80. The number of rotatable bonds is 5. The number of hydrogen-bond donors (Lipinski definition) is 2. The molecule has 3 rings (SSSR count). The second-order valence-electron chi connectivity index (χ2n) is 5.80. The van der Waals surface area contributed by atoms with Gasteiger partial charge in [-0.3, -0.25) is 9.59 Å². The summed E-state index contributed by atoms with van der Waals surface area (Å²) in [5.74, 6) is -0.881. The summed E-state index contributed by atoms with van der Waals surface area (Å²) in [6.07, 6.45) is 1.31. The van der Waals surface area contributed by atoms with E-state index in [9.17, 15) is 9.59 Å². The van der Waals surface area contributed by atoms with E-state index in [1.165, 1.54) is 0 Å². The lowest BCUT2D eigenvalue weighted by molar-refractivity contribution is -0.139. The fraction of sp³-hybridized carbons (Fsp3) is 0.500. The first-order valence-corrected chi connectivity index (χ1v) is 7.49. The minimum absolute atomic E-state index is 0.107. The molecule has 0 saturated heterocycles. The number of nitrogens with one attached hydrogen (secondary N) is 1. The van der Waals surface area contributed by atoms with E-state index in [2.05, 4.69) is 5.32 Å². The van der Waals surface area contributed by atoms with Gasteiger partial charge in [0.2, 0.25) is 5.91 Å². The van der Waals surface area contributed by atoms with Crippen molar-refractivity contribution in [3.05, 3.63) is 17.7 Å². The van der Waals surface area contributed by atoms with Gasteiger partial charge in [-0.15, -0.1) is 0 Å². The Morgan fingerprint density at radius 2 is 2.18 bits per heavy atom. The van der Waals surface area contributed by atoms with Gasteiger partial charge in [-0.1, -0.05) is 0 Å². The minimum atomic E-state index is -0.920. The van der Waals surface area contributed by atoms with Crippen LogP contribution in [0.3, 0.4) is 0 Å². The summed E-state index contributed by atoms with van der Waals surface area (Å²) in [6.45, 7) is 4.35. The lowest BCUT2D eigenvalue weighted by Crippen LogP contribution is -2.17. The lowest BCUT2D eigenvalue weighted by Gasteiger charge is -2.13. The summed E-state index contributed by atoms with van der Waals surface area (Å²) >= 11 is 0. The van der Waals surface area contributed by atoms with Crippen LogP contribution >= 0.6 is 0 Å². The number of ether oxygens (including phenoxy) is 2. The maximum absolute atomic E-state index is 12.1. The number of carbonyl (C=O) groups is 2. The van der Waals surface area contributed by atoms with Gasteiger partial charge in [0.25, 0.3) is 0 Å². The molecule has 0 aromatic heterocycles. The van der Waals surface area contributed by atoms with Crippen LogP contribution in [0.25, 0.3) is 0 Å². The smallest absolute Gasteiger partial charge is 0.307 e. The van der Waals surface area contributed by atoms with Gasteiger partial charge in [0, 0.05) is 18.1 Å². The molecule has 1 aromatic carbocycles. The molecule has 1 aliphatic heterocycles. The van der Waals surface area contributed by atoms with E-state index in [4.69, 9.17) is 14.6 Å². The second kappa shape index (κ2) is 5.51. The van der Waals surface area contributed by atoms with Crippen LogP contribution in [0.2, 0.25) is 0 Å². The zero-order chi connectivity index (χ0) is 15.9. The van der Waals surface area contributed by atoms with Crippen molar-refractivity contribution in [2.45, 2.75) is 32.8 Å². The first-order chi connectivity index (χ1) is 10.5. The molecular formula is C16H19NO5. The molecular weight excluding hydrogens is 286 g/mol. The van der Waals surface area contributed by atoms with Crippen molar-refractivity contribution in [3.8, 4) is 11.5 Å². The van der Waals surface area contributed by atoms with Crippen molar-refractivity contribution in [3.63, 3.8) is 0 Å². The molecule has 0 bridgehead atoms. The van der Waals surface area contributed by atoms with Crippen LogP contribution in [-0.4, -0.2) is 29.7 Å². The Hall–Kier alpha value is -2.24. The summed E-state index contributed by atoms with van der Waals surface area (Å²) in [5.41, 5.74) is 1.60. The standard InChI is InChI=1S/C16H19NO5/c1-3-21-14-5-9-4-8(2)22-13(9)7-12(14)17-15(18)10-6-11(10)16(19)20/h5,7-8,10-11H,3-4,6H2,1-2H3,(H,17,18)(H,19,20). The van der Waals surface area contributed by atoms with Crippen LogP contribution < -0.4 is 14.8 Å². The first-order valence-electron chi connectivity index (χ1n) is 7.49. The summed E-state index contributed by atoms with van der Waals surface area (Å²) < 4.78 is 11.3. The van der Waals surface area contributed by atoms with Gasteiger partial charge in [-0.25, -0.2) is 0 Å². The molecule has 22 heavy (non-hydrogen) atoms.